The molecule has 0 aromatic heterocycles. The van der Waals surface area contributed by atoms with Crippen LogP contribution in [-0.2, 0) is 19.1 Å². The first-order valence-corrected chi connectivity index (χ1v) is 8.84. The molecule has 0 spiro atoms. The van der Waals surface area contributed by atoms with E-state index in [2.05, 4.69) is 10.6 Å². The third kappa shape index (κ3) is 5.24. The average molecular weight is 320 g/mol. The molecule has 1 aliphatic heterocycles. The molecule has 0 saturated carbocycles. The zero-order valence-electron chi connectivity index (χ0n) is 11.9. The molecule has 0 aromatic carbocycles. The van der Waals surface area contributed by atoms with Gasteiger partial charge in [0.05, 0.1) is 12.0 Å². The molecule has 2 N–H and O–H groups in total. The molecule has 1 fully saturated rings. The highest BCUT2D eigenvalue weighted by molar-refractivity contribution is 8.76. The van der Waals surface area contributed by atoms with Gasteiger partial charge in [-0.15, -0.1) is 0 Å². The normalized spacial score (nSPS) is 22.1. The zero-order chi connectivity index (χ0) is 15.2. The van der Waals surface area contributed by atoms with Crippen molar-refractivity contribution < 1.29 is 19.1 Å². The fourth-order valence-electron chi connectivity index (χ4n) is 1.40. The van der Waals surface area contributed by atoms with E-state index in [1.165, 1.54) is 10.8 Å². The third-order valence-electron chi connectivity index (χ3n) is 2.69. The van der Waals surface area contributed by atoms with Crippen LogP contribution in [0, 0.1) is 5.41 Å². The van der Waals surface area contributed by atoms with Crippen molar-refractivity contribution in [2.24, 2.45) is 5.41 Å². The summed E-state index contributed by atoms with van der Waals surface area (Å²) in [6, 6.07) is -0.631. The molecule has 1 aliphatic rings. The first-order valence-electron chi connectivity index (χ1n) is 6.35. The molecule has 20 heavy (non-hydrogen) atoms. The van der Waals surface area contributed by atoms with Crippen molar-refractivity contribution in [1.29, 1.82) is 0 Å². The van der Waals surface area contributed by atoms with Gasteiger partial charge in [0.15, 0.2) is 0 Å². The molecule has 1 rings (SSSR count). The number of carbonyl (C=O) groups excluding carboxylic acids is 3. The van der Waals surface area contributed by atoms with Crippen LogP contribution in [0.4, 0.5) is 0 Å². The zero-order valence-corrected chi connectivity index (χ0v) is 13.5. The molecule has 114 valence electrons. The summed E-state index contributed by atoms with van der Waals surface area (Å²) in [5, 5.41) is 5.21. The Morgan fingerprint density at radius 3 is 2.80 bits per heavy atom. The van der Waals surface area contributed by atoms with Gasteiger partial charge < -0.3 is 15.4 Å². The molecule has 1 heterocycles. The van der Waals surface area contributed by atoms with Gasteiger partial charge in [-0.05, 0) is 6.92 Å². The fourth-order valence-corrected chi connectivity index (χ4v) is 4.21. The minimum absolute atomic E-state index is 0.151. The summed E-state index contributed by atoms with van der Waals surface area (Å²) in [6.45, 7) is 5.48. The smallest absolute Gasteiger partial charge is 0.325 e. The molecule has 8 heteroatoms. The molecule has 1 unspecified atom stereocenters. The minimum atomic E-state index is -0.631. The molecule has 1 atom stereocenters. The summed E-state index contributed by atoms with van der Waals surface area (Å²) in [4.78, 5) is 35.2. The summed E-state index contributed by atoms with van der Waals surface area (Å²) in [6.07, 6.45) is 0. The van der Waals surface area contributed by atoms with Crippen LogP contribution in [0.2, 0.25) is 0 Å². The monoisotopic (exact) mass is 320 g/mol. The molecule has 0 aromatic rings. The molecular formula is C12H20N2O4S2. The Kier molecular flexibility index (Phi) is 6.67. The molecule has 0 bridgehead atoms. The number of ether oxygens (including phenoxy) is 1. The van der Waals surface area contributed by atoms with Crippen LogP contribution in [0.3, 0.4) is 0 Å². The Morgan fingerprint density at radius 2 is 2.15 bits per heavy atom. The lowest BCUT2D eigenvalue weighted by molar-refractivity contribution is -0.143. The number of rotatable bonds is 4. The molecule has 1 saturated heterocycles. The standard InChI is InChI=1S/C12H20N2O4S2/c1-4-18-9(15)5-13-10(16)8-6-19-20-7-12(2,3)11(17)14-8/h8H,4-7H2,1-3H3,(H,13,16)(H,14,17). The SMILES string of the molecule is CCOC(=O)CNC(=O)C1CSSCC(C)(C)C(=O)N1. The molecule has 0 radical (unpaired) electrons. The van der Waals surface area contributed by atoms with Gasteiger partial charge in [-0.25, -0.2) is 0 Å². The second-order valence-electron chi connectivity index (χ2n) is 4.98. The van der Waals surface area contributed by atoms with E-state index >= 15 is 0 Å². The number of esters is 1. The van der Waals surface area contributed by atoms with E-state index in [0.29, 0.717) is 11.5 Å². The Morgan fingerprint density at radius 1 is 1.45 bits per heavy atom. The summed E-state index contributed by atoms with van der Waals surface area (Å²) in [7, 11) is 3.12. The van der Waals surface area contributed by atoms with Gasteiger partial charge >= 0.3 is 5.97 Å². The number of hydrogen-bond acceptors (Lipinski definition) is 6. The molecule has 2 amide bonds. The van der Waals surface area contributed by atoms with Gasteiger partial charge in [0.1, 0.15) is 12.6 Å². The largest absolute Gasteiger partial charge is 0.465 e. The maximum Gasteiger partial charge on any atom is 0.325 e. The van der Waals surface area contributed by atoms with Crippen LogP contribution in [0.15, 0.2) is 0 Å². The van der Waals surface area contributed by atoms with Crippen molar-refractivity contribution in [3.8, 4) is 0 Å². The van der Waals surface area contributed by atoms with Gasteiger partial charge in [0.2, 0.25) is 11.8 Å². The Balaban J connectivity index is 2.53. The third-order valence-corrected chi connectivity index (χ3v) is 5.42. The van der Waals surface area contributed by atoms with Crippen molar-refractivity contribution in [3.05, 3.63) is 0 Å². The van der Waals surface area contributed by atoms with Crippen LogP contribution < -0.4 is 10.6 Å². The van der Waals surface area contributed by atoms with Crippen molar-refractivity contribution in [1.82, 2.24) is 10.6 Å². The highest BCUT2D eigenvalue weighted by Crippen LogP contribution is 2.32. The maximum atomic E-state index is 12.0. The van der Waals surface area contributed by atoms with Gasteiger partial charge in [-0.2, -0.15) is 0 Å². The van der Waals surface area contributed by atoms with Crippen LogP contribution in [0.1, 0.15) is 20.8 Å². The van der Waals surface area contributed by atoms with E-state index in [0.717, 1.165) is 0 Å². The van der Waals surface area contributed by atoms with E-state index < -0.39 is 17.4 Å². The van der Waals surface area contributed by atoms with E-state index in [-0.39, 0.29) is 25.0 Å². The fraction of sp³-hybridized carbons (Fsp3) is 0.750. The van der Waals surface area contributed by atoms with E-state index in [9.17, 15) is 14.4 Å². The topological polar surface area (TPSA) is 84.5 Å². The van der Waals surface area contributed by atoms with Gasteiger partial charge in [-0.1, -0.05) is 35.4 Å². The van der Waals surface area contributed by atoms with Crippen molar-refractivity contribution >= 4 is 39.4 Å². The van der Waals surface area contributed by atoms with Crippen LogP contribution in [0.25, 0.3) is 0 Å². The Labute approximate surface area is 126 Å². The van der Waals surface area contributed by atoms with Gasteiger partial charge in [0.25, 0.3) is 0 Å². The lowest BCUT2D eigenvalue weighted by atomic mass is 9.95. The Bertz CT molecular complexity index is 388. The predicted octanol–water partition coefficient (Wildman–Crippen LogP) is 0.572. The van der Waals surface area contributed by atoms with Gasteiger partial charge in [0, 0.05) is 11.5 Å². The van der Waals surface area contributed by atoms with Crippen molar-refractivity contribution in [3.63, 3.8) is 0 Å². The maximum absolute atomic E-state index is 12.0. The molecular weight excluding hydrogens is 300 g/mol. The summed E-state index contributed by atoms with van der Waals surface area (Å²) in [5.41, 5.74) is -0.516. The summed E-state index contributed by atoms with van der Waals surface area (Å²) < 4.78 is 4.73. The number of carbonyl (C=O) groups is 3. The lowest BCUT2D eigenvalue weighted by Crippen LogP contribution is -2.53. The first-order chi connectivity index (χ1) is 9.36. The van der Waals surface area contributed by atoms with E-state index in [1.807, 2.05) is 13.8 Å². The van der Waals surface area contributed by atoms with E-state index in [4.69, 9.17) is 4.74 Å². The molecule has 6 nitrogen and oxygen atoms in total. The number of hydrogen-bond donors (Lipinski definition) is 2. The number of amides is 2. The van der Waals surface area contributed by atoms with Crippen LogP contribution in [-0.4, -0.2) is 48.5 Å². The Hall–Kier alpha value is -0.890. The lowest BCUT2D eigenvalue weighted by Gasteiger charge is -2.29. The van der Waals surface area contributed by atoms with Crippen LogP contribution in [0.5, 0.6) is 0 Å². The first kappa shape index (κ1) is 17.2. The number of nitrogens with one attached hydrogen (secondary N) is 2. The quantitative estimate of drug-likeness (QED) is 0.582. The van der Waals surface area contributed by atoms with Gasteiger partial charge in [-0.3, -0.25) is 14.4 Å². The second kappa shape index (κ2) is 7.78. The van der Waals surface area contributed by atoms with Crippen LogP contribution >= 0.6 is 21.6 Å². The second-order valence-corrected chi connectivity index (χ2v) is 7.49. The highest BCUT2D eigenvalue weighted by atomic mass is 33.1. The highest BCUT2D eigenvalue weighted by Gasteiger charge is 2.33. The van der Waals surface area contributed by atoms with Crippen molar-refractivity contribution in [2.75, 3.05) is 24.7 Å². The average Bonchev–Trinajstić information content (AvgIpc) is 2.38. The summed E-state index contributed by atoms with van der Waals surface area (Å²) in [5.74, 6) is 0.168. The minimum Gasteiger partial charge on any atom is -0.465 e. The molecule has 0 aliphatic carbocycles. The predicted molar refractivity (Wildman–Crippen MR) is 80.3 cm³/mol. The van der Waals surface area contributed by atoms with Crippen molar-refractivity contribution in [2.45, 2.75) is 26.8 Å². The van der Waals surface area contributed by atoms with E-state index in [1.54, 1.807) is 17.7 Å². The summed E-state index contributed by atoms with van der Waals surface area (Å²) >= 11 is 0.